The Hall–Kier alpha value is -0.710. The fraction of sp³-hybridized carbons (Fsp3) is 0.500. The second-order valence-electron chi connectivity index (χ2n) is 3.77. The Bertz CT molecular complexity index is 372. The summed E-state index contributed by atoms with van der Waals surface area (Å²) in [7, 11) is 1.59. The van der Waals surface area contributed by atoms with Crippen LogP contribution in [0.25, 0.3) is 0 Å². The van der Waals surface area contributed by atoms with Gasteiger partial charge in [-0.1, -0.05) is 17.7 Å². The van der Waals surface area contributed by atoms with Gasteiger partial charge in [-0.05, 0) is 25.3 Å². The molecule has 5 heteroatoms. The Labute approximate surface area is 104 Å². The summed E-state index contributed by atoms with van der Waals surface area (Å²) < 4.78 is 31.3. The van der Waals surface area contributed by atoms with E-state index < -0.39 is 22.8 Å². The largest absolute Gasteiger partial charge is 0.388 e. The van der Waals surface area contributed by atoms with Crippen molar-refractivity contribution in [2.45, 2.75) is 25.4 Å². The third-order valence-corrected chi connectivity index (χ3v) is 2.85. The number of aliphatic hydroxyl groups is 1. The van der Waals surface area contributed by atoms with E-state index in [1.54, 1.807) is 7.11 Å². The van der Waals surface area contributed by atoms with Gasteiger partial charge in [0.15, 0.2) is 5.82 Å². The van der Waals surface area contributed by atoms with E-state index in [4.69, 9.17) is 16.3 Å². The summed E-state index contributed by atoms with van der Waals surface area (Å²) in [5.74, 6) is -1.70. The molecule has 1 rings (SSSR count). The summed E-state index contributed by atoms with van der Waals surface area (Å²) in [5, 5.41) is 9.18. The van der Waals surface area contributed by atoms with E-state index in [2.05, 4.69) is 0 Å². The van der Waals surface area contributed by atoms with Gasteiger partial charge in [0, 0.05) is 19.3 Å². The third kappa shape index (κ3) is 3.91. The molecule has 1 unspecified atom stereocenters. The summed E-state index contributed by atoms with van der Waals surface area (Å²) in [6.07, 6.45) is 0.903. The molecule has 1 aromatic rings. The zero-order valence-corrected chi connectivity index (χ0v) is 10.3. The lowest BCUT2D eigenvalue weighted by molar-refractivity contribution is 0.147. The standard InChI is InChI=1S/C12H15ClF2O2/c1-17-7-3-2-4-10(16)8-5-6-9(14)11(13)12(8)15/h5-6,10,16H,2-4,7H2,1H3. The fourth-order valence-corrected chi connectivity index (χ4v) is 1.71. The highest BCUT2D eigenvalue weighted by Gasteiger charge is 2.17. The highest BCUT2D eigenvalue weighted by Crippen LogP contribution is 2.28. The van der Waals surface area contributed by atoms with Gasteiger partial charge in [0.05, 0.1) is 6.10 Å². The van der Waals surface area contributed by atoms with Crippen molar-refractivity contribution in [2.24, 2.45) is 0 Å². The first-order chi connectivity index (χ1) is 8.07. The number of halogens is 3. The van der Waals surface area contributed by atoms with Gasteiger partial charge in [-0.2, -0.15) is 0 Å². The van der Waals surface area contributed by atoms with E-state index in [1.807, 2.05) is 0 Å². The van der Waals surface area contributed by atoms with Crippen molar-refractivity contribution in [3.8, 4) is 0 Å². The Morgan fingerprint density at radius 1 is 1.35 bits per heavy atom. The van der Waals surface area contributed by atoms with Crippen LogP contribution in [0.2, 0.25) is 5.02 Å². The van der Waals surface area contributed by atoms with Crippen molar-refractivity contribution in [3.63, 3.8) is 0 Å². The highest BCUT2D eigenvalue weighted by atomic mass is 35.5. The molecule has 0 amide bonds. The highest BCUT2D eigenvalue weighted by molar-refractivity contribution is 6.30. The Morgan fingerprint density at radius 3 is 2.71 bits per heavy atom. The van der Waals surface area contributed by atoms with Crippen LogP contribution in [0.1, 0.15) is 30.9 Å². The molecule has 0 aliphatic heterocycles. The first-order valence-electron chi connectivity index (χ1n) is 5.38. The number of rotatable bonds is 6. The summed E-state index contributed by atoms with van der Waals surface area (Å²) in [4.78, 5) is 0. The van der Waals surface area contributed by atoms with Crippen molar-refractivity contribution in [2.75, 3.05) is 13.7 Å². The molecule has 0 fully saturated rings. The molecule has 0 aromatic heterocycles. The molecule has 1 aromatic carbocycles. The molecule has 0 aliphatic carbocycles. The van der Waals surface area contributed by atoms with Crippen molar-refractivity contribution < 1.29 is 18.6 Å². The average Bonchev–Trinajstić information content (AvgIpc) is 2.31. The maximum Gasteiger partial charge on any atom is 0.150 e. The van der Waals surface area contributed by atoms with Crippen LogP contribution in [0.5, 0.6) is 0 Å². The van der Waals surface area contributed by atoms with Crippen LogP contribution in [0, 0.1) is 11.6 Å². The average molecular weight is 265 g/mol. The minimum absolute atomic E-state index is 0.0359. The molecular formula is C12H15ClF2O2. The van der Waals surface area contributed by atoms with Crippen LogP contribution in [0.3, 0.4) is 0 Å². The third-order valence-electron chi connectivity index (χ3n) is 2.50. The number of unbranched alkanes of at least 4 members (excludes halogenated alkanes) is 1. The molecule has 0 heterocycles. The normalized spacial score (nSPS) is 12.8. The van der Waals surface area contributed by atoms with E-state index in [0.29, 0.717) is 19.4 Å². The van der Waals surface area contributed by atoms with E-state index in [9.17, 15) is 13.9 Å². The summed E-state index contributed by atoms with van der Waals surface area (Å²) in [6, 6.07) is 2.27. The topological polar surface area (TPSA) is 29.5 Å². The number of methoxy groups -OCH3 is 1. The summed E-state index contributed by atoms with van der Waals surface area (Å²) in [6.45, 7) is 0.597. The Morgan fingerprint density at radius 2 is 2.06 bits per heavy atom. The second kappa shape index (κ2) is 6.89. The molecule has 17 heavy (non-hydrogen) atoms. The van der Waals surface area contributed by atoms with Crippen LogP contribution >= 0.6 is 11.6 Å². The van der Waals surface area contributed by atoms with Gasteiger partial charge in [-0.3, -0.25) is 0 Å². The quantitative estimate of drug-likeness (QED) is 0.630. The maximum absolute atomic E-state index is 13.5. The number of ether oxygens (including phenoxy) is 1. The van der Waals surface area contributed by atoms with Gasteiger partial charge in [0.25, 0.3) is 0 Å². The van der Waals surface area contributed by atoms with E-state index in [-0.39, 0.29) is 5.56 Å². The van der Waals surface area contributed by atoms with Gasteiger partial charge >= 0.3 is 0 Å². The second-order valence-corrected chi connectivity index (χ2v) is 4.15. The molecule has 0 radical (unpaired) electrons. The van der Waals surface area contributed by atoms with E-state index in [1.165, 1.54) is 6.07 Å². The van der Waals surface area contributed by atoms with E-state index in [0.717, 1.165) is 12.5 Å². The molecule has 0 saturated heterocycles. The minimum atomic E-state index is -0.968. The van der Waals surface area contributed by atoms with Crippen LogP contribution < -0.4 is 0 Å². The molecule has 1 atom stereocenters. The maximum atomic E-state index is 13.5. The number of hydrogen-bond acceptors (Lipinski definition) is 2. The number of benzene rings is 1. The van der Waals surface area contributed by atoms with Gasteiger partial charge < -0.3 is 9.84 Å². The van der Waals surface area contributed by atoms with Crippen LogP contribution in [0.15, 0.2) is 12.1 Å². The molecule has 0 saturated carbocycles. The fourth-order valence-electron chi connectivity index (χ4n) is 1.54. The van der Waals surface area contributed by atoms with Gasteiger partial charge in [-0.25, -0.2) is 8.78 Å². The first-order valence-corrected chi connectivity index (χ1v) is 5.76. The predicted octanol–water partition coefficient (Wildman–Crippen LogP) is 3.47. The SMILES string of the molecule is COCCCCC(O)c1ccc(F)c(Cl)c1F. The Kier molecular flexibility index (Phi) is 5.82. The molecule has 0 bridgehead atoms. The zero-order valence-electron chi connectivity index (χ0n) is 9.55. The monoisotopic (exact) mass is 264 g/mol. The first kappa shape index (κ1) is 14.4. The van der Waals surface area contributed by atoms with Crippen molar-refractivity contribution in [1.82, 2.24) is 0 Å². The minimum Gasteiger partial charge on any atom is -0.388 e. The summed E-state index contributed by atoms with van der Waals surface area (Å²) >= 11 is 5.43. The van der Waals surface area contributed by atoms with Crippen molar-refractivity contribution in [1.29, 1.82) is 0 Å². The van der Waals surface area contributed by atoms with Gasteiger partial charge in [0.2, 0.25) is 0 Å². The van der Waals surface area contributed by atoms with Crippen molar-refractivity contribution in [3.05, 3.63) is 34.4 Å². The van der Waals surface area contributed by atoms with E-state index >= 15 is 0 Å². The predicted molar refractivity (Wildman–Crippen MR) is 62.1 cm³/mol. The molecule has 0 spiro atoms. The zero-order chi connectivity index (χ0) is 12.8. The number of hydrogen-bond donors (Lipinski definition) is 1. The lowest BCUT2D eigenvalue weighted by Gasteiger charge is -2.12. The van der Waals surface area contributed by atoms with Crippen LogP contribution in [-0.2, 0) is 4.74 Å². The summed E-state index contributed by atoms with van der Waals surface area (Å²) in [5.41, 5.74) is 0.0359. The Balaban J connectivity index is 2.63. The molecule has 2 nitrogen and oxygen atoms in total. The molecule has 96 valence electrons. The van der Waals surface area contributed by atoms with Crippen LogP contribution in [-0.4, -0.2) is 18.8 Å². The lowest BCUT2D eigenvalue weighted by atomic mass is 10.0. The lowest BCUT2D eigenvalue weighted by Crippen LogP contribution is -2.03. The van der Waals surface area contributed by atoms with Gasteiger partial charge in [0.1, 0.15) is 10.8 Å². The van der Waals surface area contributed by atoms with Gasteiger partial charge in [-0.15, -0.1) is 0 Å². The number of aliphatic hydroxyl groups excluding tert-OH is 1. The molecule has 0 aliphatic rings. The van der Waals surface area contributed by atoms with Crippen molar-refractivity contribution >= 4 is 11.6 Å². The molecular weight excluding hydrogens is 250 g/mol. The smallest absolute Gasteiger partial charge is 0.150 e. The molecule has 1 N–H and O–H groups in total. The van der Waals surface area contributed by atoms with Crippen LogP contribution in [0.4, 0.5) is 8.78 Å².